The van der Waals surface area contributed by atoms with Gasteiger partial charge in [-0.1, -0.05) is 36.4 Å². The Morgan fingerprint density at radius 1 is 0.935 bits per heavy atom. The number of pyridine rings is 1. The predicted octanol–water partition coefficient (Wildman–Crippen LogP) is 5.54. The van der Waals surface area contributed by atoms with E-state index >= 15 is 0 Å². The first kappa shape index (κ1) is 19.8. The van der Waals surface area contributed by atoms with E-state index in [0.717, 1.165) is 53.2 Å². The summed E-state index contributed by atoms with van der Waals surface area (Å²) in [6.45, 7) is 7.46. The van der Waals surface area contributed by atoms with E-state index < -0.39 is 0 Å². The fourth-order valence-electron chi connectivity index (χ4n) is 4.30. The highest BCUT2D eigenvalue weighted by Gasteiger charge is 2.25. The zero-order valence-electron chi connectivity index (χ0n) is 17.8. The minimum Gasteiger partial charge on any atom is -0.368 e. The molecule has 5 rings (SSSR count). The van der Waals surface area contributed by atoms with Gasteiger partial charge in [0.25, 0.3) is 5.91 Å². The largest absolute Gasteiger partial charge is 0.368 e. The number of hydrogen-bond donors (Lipinski definition) is 0. The van der Waals surface area contributed by atoms with Crippen LogP contribution < -0.4 is 4.90 Å². The summed E-state index contributed by atoms with van der Waals surface area (Å²) in [6, 6.07) is 20.4. The second-order valence-corrected chi connectivity index (χ2v) is 9.00. The van der Waals surface area contributed by atoms with Gasteiger partial charge in [-0.05, 0) is 54.6 Å². The van der Waals surface area contributed by atoms with Crippen molar-refractivity contribution in [2.24, 2.45) is 0 Å². The van der Waals surface area contributed by atoms with E-state index in [4.69, 9.17) is 4.98 Å². The van der Waals surface area contributed by atoms with Gasteiger partial charge < -0.3 is 9.80 Å². The fraction of sp³-hybridized carbons (Fsp3) is 0.231. The molecule has 0 bridgehead atoms. The lowest BCUT2D eigenvalue weighted by atomic mass is 10.0. The molecule has 1 amide bonds. The molecule has 0 saturated carbocycles. The van der Waals surface area contributed by atoms with Crippen LogP contribution in [0.1, 0.15) is 21.5 Å². The van der Waals surface area contributed by atoms with Crippen LogP contribution in [0.5, 0.6) is 0 Å². The van der Waals surface area contributed by atoms with Crippen molar-refractivity contribution in [3.05, 3.63) is 82.7 Å². The molecule has 4 aromatic rings. The van der Waals surface area contributed by atoms with E-state index in [9.17, 15) is 4.79 Å². The van der Waals surface area contributed by atoms with Crippen LogP contribution in [0.3, 0.4) is 0 Å². The number of para-hydroxylation sites is 1. The van der Waals surface area contributed by atoms with Crippen LogP contribution >= 0.6 is 11.3 Å². The summed E-state index contributed by atoms with van der Waals surface area (Å²) in [5, 5.41) is 2.96. The standard InChI is InChI=1S/C26H25N3OS/c1-18-7-5-10-24(19(18)2)28-12-14-29(15-13-28)26(30)21-17-23(25-11-6-16-31-25)27-22-9-4-3-8-20(21)22/h3-11,16-17H,12-15H2,1-2H3. The lowest BCUT2D eigenvalue weighted by molar-refractivity contribution is 0.0748. The number of anilines is 1. The average molecular weight is 428 g/mol. The maximum atomic E-state index is 13.6. The van der Waals surface area contributed by atoms with Crippen molar-refractivity contribution in [2.45, 2.75) is 13.8 Å². The Labute approximate surface area is 186 Å². The molecular formula is C26H25N3OS. The number of benzene rings is 2. The molecule has 5 heteroatoms. The highest BCUT2D eigenvalue weighted by molar-refractivity contribution is 7.13. The molecule has 31 heavy (non-hydrogen) atoms. The number of aryl methyl sites for hydroxylation is 1. The van der Waals surface area contributed by atoms with Crippen LogP contribution in [0.2, 0.25) is 0 Å². The molecule has 4 nitrogen and oxygen atoms in total. The van der Waals surface area contributed by atoms with Crippen molar-refractivity contribution >= 4 is 33.8 Å². The lowest BCUT2D eigenvalue weighted by Gasteiger charge is -2.37. The lowest BCUT2D eigenvalue weighted by Crippen LogP contribution is -2.49. The first-order valence-corrected chi connectivity index (χ1v) is 11.5. The van der Waals surface area contributed by atoms with Crippen LogP contribution in [0.4, 0.5) is 5.69 Å². The summed E-state index contributed by atoms with van der Waals surface area (Å²) in [5.74, 6) is 0.0945. The van der Waals surface area contributed by atoms with Crippen molar-refractivity contribution in [1.82, 2.24) is 9.88 Å². The summed E-state index contributed by atoms with van der Waals surface area (Å²) in [6.07, 6.45) is 0. The van der Waals surface area contributed by atoms with Crippen LogP contribution in [-0.2, 0) is 0 Å². The summed E-state index contributed by atoms with van der Waals surface area (Å²) in [4.78, 5) is 23.9. The summed E-state index contributed by atoms with van der Waals surface area (Å²) in [7, 11) is 0. The van der Waals surface area contributed by atoms with Crippen molar-refractivity contribution in [2.75, 3.05) is 31.1 Å². The van der Waals surface area contributed by atoms with Gasteiger partial charge in [0, 0.05) is 37.3 Å². The number of aromatic nitrogens is 1. The first-order valence-electron chi connectivity index (χ1n) is 10.7. The van der Waals surface area contributed by atoms with Gasteiger partial charge in [-0.3, -0.25) is 4.79 Å². The topological polar surface area (TPSA) is 36.4 Å². The monoisotopic (exact) mass is 427 g/mol. The van der Waals surface area contributed by atoms with Crippen molar-refractivity contribution in [3.63, 3.8) is 0 Å². The molecule has 156 valence electrons. The number of fused-ring (bicyclic) bond motifs is 1. The molecular weight excluding hydrogens is 402 g/mol. The molecule has 2 aromatic carbocycles. The molecule has 0 unspecified atom stereocenters. The van der Waals surface area contributed by atoms with E-state index in [1.807, 2.05) is 46.7 Å². The highest BCUT2D eigenvalue weighted by atomic mass is 32.1. The van der Waals surface area contributed by atoms with Crippen molar-refractivity contribution < 1.29 is 4.79 Å². The van der Waals surface area contributed by atoms with E-state index in [1.165, 1.54) is 16.8 Å². The summed E-state index contributed by atoms with van der Waals surface area (Å²) in [5.41, 5.74) is 6.39. The van der Waals surface area contributed by atoms with E-state index in [1.54, 1.807) is 11.3 Å². The Kier molecular flexibility index (Phi) is 5.20. The van der Waals surface area contributed by atoms with Gasteiger partial charge in [0.2, 0.25) is 0 Å². The zero-order chi connectivity index (χ0) is 21.4. The molecule has 0 spiro atoms. The molecule has 1 fully saturated rings. The molecule has 1 aliphatic heterocycles. The van der Waals surface area contributed by atoms with Crippen LogP contribution in [-0.4, -0.2) is 42.0 Å². The van der Waals surface area contributed by atoms with Gasteiger partial charge in [0.15, 0.2) is 0 Å². The molecule has 0 atom stereocenters. The van der Waals surface area contributed by atoms with Crippen LogP contribution in [0.25, 0.3) is 21.5 Å². The van der Waals surface area contributed by atoms with Gasteiger partial charge in [0.1, 0.15) is 0 Å². The fourth-order valence-corrected chi connectivity index (χ4v) is 4.99. The maximum absolute atomic E-state index is 13.6. The Bertz CT molecular complexity index is 1240. The third kappa shape index (κ3) is 3.70. The Morgan fingerprint density at radius 2 is 1.74 bits per heavy atom. The van der Waals surface area contributed by atoms with E-state index in [0.29, 0.717) is 0 Å². The number of rotatable bonds is 3. The van der Waals surface area contributed by atoms with E-state index in [-0.39, 0.29) is 5.91 Å². The minimum atomic E-state index is 0.0945. The Morgan fingerprint density at radius 3 is 2.52 bits per heavy atom. The van der Waals surface area contributed by atoms with Gasteiger partial charge >= 0.3 is 0 Å². The number of piperazine rings is 1. The van der Waals surface area contributed by atoms with Crippen molar-refractivity contribution in [1.29, 1.82) is 0 Å². The first-order chi connectivity index (χ1) is 15.1. The van der Waals surface area contributed by atoms with Gasteiger partial charge in [-0.15, -0.1) is 11.3 Å². The van der Waals surface area contributed by atoms with Gasteiger partial charge in [-0.2, -0.15) is 0 Å². The molecule has 1 saturated heterocycles. The summed E-state index contributed by atoms with van der Waals surface area (Å²) >= 11 is 1.65. The minimum absolute atomic E-state index is 0.0945. The van der Waals surface area contributed by atoms with Crippen molar-refractivity contribution in [3.8, 4) is 10.6 Å². The number of nitrogens with zero attached hydrogens (tertiary/aromatic N) is 3. The highest BCUT2D eigenvalue weighted by Crippen LogP contribution is 2.29. The quantitative estimate of drug-likeness (QED) is 0.431. The number of carbonyl (C=O) groups excluding carboxylic acids is 1. The van der Waals surface area contributed by atoms with E-state index in [2.05, 4.69) is 43.0 Å². The third-order valence-electron chi connectivity index (χ3n) is 6.20. The Balaban J connectivity index is 1.43. The zero-order valence-corrected chi connectivity index (χ0v) is 18.7. The average Bonchev–Trinajstić information content (AvgIpc) is 3.35. The maximum Gasteiger partial charge on any atom is 0.254 e. The Hall–Kier alpha value is -3.18. The summed E-state index contributed by atoms with van der Waals surface area (Å²) < 4.78 is 0. The smallest absolute Gasteiger partial charge is 0.254 e. The SMILES string of the molecule is Cc1cccc(N2CCN(C(=O)c3cc(-c4cccs4)nc4ccccc34)CC2)c1C. The normalized spacial score (nSPS) is 14.3. The van der Waals surface area contributed by atoms with Gasteiger partial charge in [0.05, 0.1) is 21.7 Å². The number of thiophene rings is 1. The molecule has 0 N–H and O–H groups in total. The molecule has 0 radical (unpaired) electrons. The number of hydrogen-bond acceptors (Lipinski definition) is 4. The predicted molar refractivity (Wildman–Crippen MR) is 129 cm³/mol. The van der Waals surface area contributed by atoms with Crippen LogP contribution in [0.15, 0.2) is 66.0 Å². The number of carbonyl (C=O) groups is 1. The number of amides is 1. The molecule has 2 aromatic heterocycles. The third-order valence-corrected chi connectivity index (χ3v) is 7.10. The molecule has 1 aliphatic rings. The second-order valence-electron chi connectivity index (χ2n) is 8.05. The molecule has 3 heterocycles. The van der Waals surface area contributed by atoms with Crippen LogP contribution in [0, 0.1) is 13.8 Å². The molecule has 0 aliphatic carbocycles. The second kappa shape index (κ2) is 8.16. The van der Waals surface area contributed by atoms with Gasteiger partial charge in [-0.25, -0.2) is 4.98 Å².